The minimum absolute atomic E-state index is 0.0178. The van der Waals surface area contributed by atoms with Crippen molar-refractivity contribution >= 4 is 11.9 Å². The molecule has 0 aliphatic carbocycles. The smallest absolute Gasteiger partial charge is 0.305 e. The van der Waals surface area contributed by atoms with Crippen molar-refractivity contribution in [3.8, 4) is 0 Å². The van der Waals surface area contributed by atoms with Gasteiger partial charge in [0.25, 0.3) is 0 Å². The molecule has 1 N–H and O–H groups in total. The van der Waals surface area contributed by atoms with Crippen LogP contribution in [-0.4, -0.2) is 35.5 Å². The summed E-state index contributed by atoms with van der Waals surface area (Å²) in [5.74, 6) is -0.333. The van der Waals surface area contributed by atoms with E-state index < -0.39 is 5.97 Å². The Morgan fingerprint density at radius 2 is 1.86 bits per heavy atom. The van der Waals surface area contributed by atoms with Gasteiger partial charge in [-0.2, -0.15) is 0 Å². The molecular weight excluding hydrogens is 182 g/mol. The van der Waals surface area contributed by atoms with Crippen LogP contribution in [0.25, 0.3) is 0 Å². The van der Waals surface area contributed by atoms with E-state index in [4.69, 9.17) is 5.11 Å². The van der Waals surface area contributed by atoms with Crippen LogP contribution in [0.4, 0.5) is 0 Å². The molecule has 0 unspecified atom stereocenters. The Bertz CT molecular complexity index is 202. The quantitative estimate of drug-likeness (QED) is 0.705. The van der Waals surface area contributed by atoms with Crippen molar-refractivity contribution in [1.29, 1.82) is 0 Å². The molecule has 0 bridgehead atoms. The molecule has 0 aliphatic rings. The minimum atomic E-state index is -0.867. The second-order valence-corrected chi connectivity index (χ2v) is 3.89. The van der Waals surface area contributed by atoms with Gasteiger partial charge in [-0.1, -0.05) is 13.8 Å². The number of aliphatic carboxylic acids is 1. The Morgan fingerprint density at radius 1 is 1.29 bits per heavy atom. The van der Waals surface area contributed by atoms with Gasteiger partial charge in [0.1, 0.15) is 0 Å². The zero-order valence-electron chi connectivity index (χ0n) is 9.12. The highest BCUT2D eigenvalue weighted by atomic mass is 16.4. The largest absolute Gasteiger partial charge is 0.481 e. The summed E-state index contributed by atoms with van der Waals surface area (Å²) in [6, 6.07) is 0. The lowest BCUT2D eigenvalue weighted by atomic mass is 10.1. The monoisotopic (exact) mass is 201 g/mol. The van der Waals surface area contributed by atoms with E-state index in [2.05, 4.69) is 13.8 Å². The Balaban J connectivity index is 3.70. The van der Waals surface area contributed by atoms with Crippen molar-refractivity contribution in [1.82, 2.24) is 4.90 Å². The third kappa shape index (κ3) is 6.46. The summed E-state index contributed by atoms with van der Waals surface area (Å²) in [5.41, 5.74) is 0. The molecule has 0 aromatic carbocycles. The molecule has 0 spiro atoms. The molecule has 0 aromatic rings. The molecule has 4 heteroatoms. The van der Waals surface area contributed by atoms with E-state index >= 15 is 0 Å². The summed E-state index contributed by atoms with van der Waals surface area (Å²) in [4.78, 5) is 23.1. The standard InChI is InChI=1S/C10H19NO3/c1-8(2)4-5-9(12)11(3)7-6-10(13)14/h8H,4-7H2,1-3H3,(H,13,14). The lowest BCUT2D eigenvalue weighted by molar-refractivity contribution is -0.138. The Hall–Kier alpha value is -1.06. The molecular formula is C10H19NO3. The van der Waals surface area contributed by atoms with Crippen LogP contribution in [0.2, 0.25) is 0 Å². The summed E-state index contributed by atoms with van der Waals surface area (Å²) < 4.78 is 0. The highest BCUT2D eigenvalue weighted by Crippen LogP contribution is 2.05. The fourth-order valence-corrected chi connectivity index (χ4v) is 0.991. The van der Waals surface area contributed by atoms with Crippen LogP contribution in [0, 0.1) is 5.92 Å². The molecule has 14 heavy (non-hydrogen) atoms. The topological polar surface area (TPSA) is 57.6 Å². The van der Waals surface area contributed by atoms with Gasteiger partial charge in [0, 0.05) is 20.0 Å². The first-order chi connectivity index (χ1) is 6.43. The summed E-state index contributed by atoms with van der Waals surface area (Å²) in [6.07, 6.45) is 1.38. The molecule has 0 aromatic heterocycles. The lowest BCUT2D eigenvalue weighted by Crippen LogP contribution is -2.29. The highest BCUT2D eigenvalue weighted by Gasteiger charge is 2.10. The number of carbonyl (C=O) groups is 2. The number of nitrogens with zero attached hydrogens (tertiary/aromatic N) is 1. The molecule has 0 saturated carbocycles. The van der Waals surface area contributed by atoms with Gasteiger partial charge in [-0.15, -0.1) is 0 Å². The second-order valence-electron chi connectivity index (χ2n) is 3.89. The summed E-state index contributed by atoms with van der Waals surface area (Å²) in [6.45, 7) is 4.42. The van der Waals surface area contributed by atoms with Crippen LogP contribution in [-0.2, 0) is 9.59 Å². The lowest BCUT2D eigenvalue weighted by Gasteiger charge is -2.16. The van der Waals surface area contributed by atoms with Crippen molar-refractivity contribution in [2.45, 2.75) is 33.1 Å². The van der Waals surface area contributed by atoms with Gasteiger partial charge >= 0.3 is 5.97 Å². The van der Waals surface area contributed by atoms with Crippen LogP contribution < -0.4 is 0 Å². The number of carboxylic acids is 1. The van der Waals surface area contributed by atoms with Gasteiger partial charge in [-0.25, -0.2) is 0 Å². The molecule has 1 amide bonds. The van der Waals surface area contributed by atoms with E-state index in [0.717, 1.165) is 6.42 Å². The fourth-order valence-electron chi connectivity index (χ4n) is 0.991. The molecule has 82 valence electrons. The molecule has 4 nitrogen and oxygen atoms in total. The first-order valence-corrected chi connectivity index (χ1v) is 4.89. The van der Waals surface area contributed by atoms with E-state index in [1.807, 2.05) is 0 Å². The van der Waals surface area contributed by atoms with Crippen molar-refractivity contribution < 1.29 is 14.7 Å². The number of carbonyl (C=O) groups excluding carboxylic acids is 1. The number of carboxylic acid groups (broad SMARTS) is 1. The van der Waals surface area contributed by atoms with Gasteiger partial charge in [0.2, 0.25) is 5.91 Å². The van der Waals surface area contributed by atoms with Gasteiger partial charge < -0.3 is 10.0 Å². The predicted octanol–water partition coefficient (Wildman–Crippen LogP) is 1.36. The van der Waals surface area contributed by atoms with Gasteiger partial charge in [-0.3, -0.25) is 9.59 Å². The van der Waals surface area contributed by atoms with Crippen LogP contribution in [0.5, 0.6) is 0 Å². The van der Waals surface area contributed by atoms with Crippen LogP contribution in [0.3, 0.4) is 0 Å². The number of amides is 1. The average molecular weight is 201 g/mol. The van der Waals surface area contributed by atoms with E-state index in [9.17, 15) is 9.59 Å². The Labute approximate surface area is 84.9 Å². The molecule has 0 aliphatic heterocycles. The van der Waals surface area contributed by atoms with Crippen LogP contribution in [0.15, 0.2) is 0 Å². The summed E-state index contributed by atoms with van der Waals surface area (Å²) >= 11 is 0. The van der Waals surface area contributed by atoms with Gasteiger partial charge in [0.05, 0.1) is 6.42 Å². The zero-order chi connectivity index (χ0) is 11.1. The van der Waals surface area contributed by atoms with Crippen LogP contribution in [0.1, 0.15) is 33.1 Å². The minimum Gasteiger partial charge on any atom is -0.481 e. The fraction of sp³-hybridized carbons (Fsp3) is 0.800. The Kier molecular flexibility index (Phi) is 5.92. The Morgan fingerprint density at radius 3 is 2.29 bits per heavy atom. The van der Waals surface area contributed by atoms with Gasteiger partial charge in [-0.05, 0) is 12.3 Å². The van der Waals surface area contributed by atoms with Crippen LogP contribution >= 0.6 is 0 Å². The normalized spacial score (nSPS) is 10.3. The third-order valence-corrected chi connectivity index (χ3v) is 2.02. The second kappa shape index (κ2) is 6.40. The first-order valence-electron chi connectivity index (χ1n) is 4.89. The maximum Gasteiger partial charge on any atom is 0.305 e. The van der Waals surface area contributed by atoms with E-state index in [1.54, 1.807) is 7.05 Å². The summed E-state index contributed by atoms with van der Waals surface area (Å²) in [5, 5.41) is 8.42. The first kappa shape index (κ1) is 12.9. The zero-order valence-corrected chi connectivity index (χ0v) is 9.12. The van der Waals surface area contributed by atoms with Crippen molar-refractivity contribution in [3.63, 3.8) is 0 Å². The molecule has 0 heterocycles. The summed E-state index contributed by atoms with van der Waals surface area (Å²) in [7, 11) is 1.64. The van der Waals surface area contributed by atoms with Crippen molar-refractivity contribution in [2.24, 2.45) is 5.92 Å². The molecule has 0 radical (unpaired) electrons. The maximum atomic E-state index is 11.4. The molecule has 0 rings (SSSR count). The van der Waals surface area contributed by atoms with Crippen molar-refractivity contribution in [2.75, 3.05) is 13.6 Å². The van der Waals surface area contributed by atoms with E-state index in [1.165, 1.54) is 4.90 Å². The highest BCUT2D eigenvalue weighted by molar-refractivity contribution is 5.76. The molecule has 0 atom stereocenters. The maximum absolute atomic E-state index is 11.4. The van der Waals surface area contributed by atoms with Crippen molar-refractivity contribution in [3.05, 3.63) is 0 Å². The number of hydrogen-bond donors (Lipinski definition) is 1. The predicted molar refractivity (Wildman–Crippen MR) is 54.0 cm³/mol. The number of hydrogen-bond acceptors (Lipinski definition) is 2. The third-order valence-electron chi connectivity index (χ3n) is 2.02. The van der Waals surface area contributed by atoms with Gasteiger partial charge in [0.15, 0.2) is 0 Å². The van der Waals surface area contributed by atoms with E-state index in [0.29, 0.717) is 18.9 Å². The molecule has 0 saturated heterocycles. The van der Waals surface area contributed by atoms with E-state index in [-0.39, 0.29) is 12.3 Å². The SMILES string of the molecule is CC(C)CCC(=O)N(C)CCC(=O)O. The average Bonchev–Trinajstić information content (AvgIpc) is 2.09. The molecule has 0 fully saturated rings. The number of rotatable bonds is 6.